The molecule has 7 aromatic carbocycles. The molecule has 2 heterocycles. The van der Waals surface area contributed by atoms with Gasteiger partial charge in [0.25, 0.3) is 0 Å². The maximum atomic E-state index is 6.37. The molecule has 0 aliphatic rings. The van der Waals surface area contributed by atoms with Crippen LogP contribution in [0.2, 0.25) is 0 Å². The molecule has 9 aromatic rings. The Bertz CT molecular complexity index is 2460. The van der Waals surface area contributed by atoms with Gasteiger partial charge in [-0.15, -0.1) is 0 Å². The third-order valence-electron chi connectivity index (χ3n) is 8.97. The molecule has 0 saturated carbocycles. The van der Waals surface area contributed by atoms with Crippen molar-refractivity contribution in [3.8, 4) is 67.5 Å². The van der Waals surface area contributed by atoms with E-state index in [2.05, 4.69) is 152 Å². The van der Waals surface area contributed by atoms with Crippen LogP contribution in [0, 0.1) is 0 Å². The zero-order valence-corrected chi connectivity index (χ0v) is 26.5. The van der Waals surface area contributed by atoms with E-state index in [9.17, 15) is 0 Å². The van der Waals surface area contributed by atoms with Gasteiger partial charge in [-0.3, -0.25) is 0 Å². The van der Waals surface area contributed by atoms with Crippen LogP contribution >= 0.6 is 0 Å². The fourth-order valence-corrected chi connectivity index (χ4v) is 6.37. The molecular formula is C45H29N3O. The largest absolute Gasteiger partial charge is 0.456 e. The second kappa shape index (κ2) is 12.2. The van der Waals surface area contributed by atoms with Crippen LogP contribution in [-0.4, -0.2) is 15.0 Å². The van der Waals surface area contributed by atoms with Crippen LogP contribution in [0.1, 0.15) is 0 Å². The first kappa shape index (κ1) is 28.6. The van der Waals surface area contributed by atoms with Gasteiger partial charge in [0.2, 0.25) is 0 Å². The molecule has 0 unspecified atom stereocenters. The summed E-state index contributed by atoms with van der Waals surface area (Å²) in [6.07, 6.45) is 0. The normalized spacial score (nSPS) is 11.3. The van der Waals surface area contributed by atoms with Crippen LogP contribution in [0.25, 0.3) is 89.5 Å². The highest BCUT2D eigenvalue weighted by Crippen LogP contribution is 2.35. The Morgan fingerprint density at radius 1 is 0.265 bits per heavy atom. The van der Waals surface area contributed by atoms with Crippen LogP contribution < -0.4 is 0 Å². The monoisotopic (exact) mass is 627 g/mol. The maximum absolute atomic E-state index is 6.37. The van der Waals surface area contributed by atoms with E-state index in [0.717, 1.165) is 55.3 Å². The fourth-order valence-electron chi connectivity index (χ4n) is 6.37. The minimum Gasteiger partial charge on any atom is -0.456 e. The maximum Gasteiger partial charge on any atom is 0.164 e. The van der Waals surface area contributed by atoms with Crippen molar-refractivity contribution >= 4 is 21.9 Å². The first-order valence-electron chi connectivity index (χ1n) is 16.4. The summed E-state index contributed by atoms with van der Waals surface area (Å²) in [4.78, 5) is 15.0. The number of hydrogen-bond donors (Lipinski definition) is 0. The molecule has 9 rings (SSSR count). The van der Waals surface area contributed by atoms with Crippen LogP contribution in [-0.2, 0) is 0 Å². The lowest BCUT2D eigenvalue weighted by Crippen LogP contribution is -2.00. The zero-order valence-electron chi connectivity index (χ0n) is 26.5. The van der Waals surface area contributed by atoms with Crippen molar-refractivity contribution in [2.24, 2.45) is 0 Å². The van der Waals surface area contributed by atoms with Crippen molar-refractivity contribution in [2.75, 3.05) is 0 Å². The third kappa shape index (κ3) is 5.56. The van der Waals surface area contributed by atoms with Gasteiger partial charge in [0.05, 0.1) is 0 Å². The Labute approximate surface area is 284 Å². The van der Waals surface area contributed by atoms with E-state index < -0.39 is 0 Å². The van der Waals surface area contributed by atoms with Crippen molar-refractivity contribution in [2.45, 2.75) is 0 Å². The Balaban J connectivity index is 1.14. The van der Waals surface area contributed by atoms with Crippen molar-refractivity contribution < 1.29 is 4.42 Å². The Hall–Kier alpha value is -6.65. The van der Waals surface area contributed by atoms with Crippen LogP contribution in [0.15, 0.2) is 180 Å². The van der Waals surface area contributed by atoms with Gasteiger partial charge in [0.15, 0.2) is 17.5 Å². The number of fused-ring (bicyclic) bond motifs is 3. The van der Waals surface area contributed by atoms with E-state index in [1.165, 1.54) is 16.7 Å². The van der Waals surface area contributed by atoms with E-state index in [4.69, 9.17) is 19.4 Å². The summed E-state index contributed by atoms with van der Waals surface area (Å²) >= 11 is 0. The lowest BCUT2D eigenvalue weighted by atomic mass is 10.0. The predicted molar refractivity (Wildman–Crippen MR) is 200 cm³/mol. The molecule has 0 fully saturated rings. The van der Waals surface area contributed by atoms with Gasteiger partial charge in [-0.25, -0.2) is 15.0 Å². The Kier molecular flexibility index (Phi) is 7.10. The van der Waals surface area contributed by atoms with E-state index in [-0.39, 0.29) is 0 Å². The molecule has 2 aromatic heterocycles. The van der Waals surface area contributed by atoms with Gasteiger partial charge in [-0.2, -0.15) is 0 Å². The molecule has 230 valence electrons. The zero-order chi connectivity index (χ0) is 32.6. The summed E-state index contributed by atoms with van der Waals surface area (Å²) < 4.78 is 6.37. The molecule has 0 atom stereocenters. The molecule has 0 amide bonds. The van der Waals surface area contributed by atoms with E-state index >= 15 is 0 Å². The molecule has 4 nitrogen and oxygen atoms in total. The summed E-state index contributed by atoms with van der Waals surface area (Å²) in [6.45, 7) is 0. The van der Waals surface area contributed by atoms with E-state index in [0.29, 0.717) is 17.5 Å². The quantitative estimate of drug-likeness (QED) is 0.184. The van der Waals surface area contributed by atoms with Crippen molar-refractivity contribution in [1.29, 1.82) is 0 Å². The van der Waals surface area contributed by atoms with Gasteiger partial charge in [-0.05, 0) is 57.6 Å². The molecule has 0 aliphatic carbocycles. The smallest absolute Gasteiger partial charge is 0.164 e. The molecule has 0 bridgehead atoms. The van der Waals surface area contributed by atoms with E-state index in [1.807, 2.05) is 24.3 Å². The molecule has 0 saturated heterocycles. The molecule has 0 N–H and O–H groups in total. The molecule has 0 aliphatic heterocycles. The summed E-state index contributed by atoms with van der Waals surface area (Å²) in [5.74, 6) is 1.82. The van der Waals surface area contributed by atoms with Gasteiger partial charge in [0, 0.05) is 27.5 Å². The lowest BCUT2D eigenvalue weighted by Gasteiger charge is -2.10. The molecule has 0 spiro atoms. The first-order valence-corrected chi connectivity index (χ1v) is 16.4. The second-order valence-corrected chi connectivity index (χ2v) is 12.1. The van der Waals surface area contributed by atoms with Gasteiger partial charge >= 0.3 is 0 Å². The van der Waals surface area contributed by atoms with Gasteiger partial charge in [0.1, 0.15) is 11.2 Å². The van der Waals surface area contributed by atoms with Crippen molar-refractivity contribution in [3.63, 3.8) is 0 Å². The average molecular weight is 628 g/mol. The fraction of sp³-hybridized carbons (Fsp3) is 0. The SMILES string of the molecule is c1ccc(-c2ccc(-c3nc(-c4ccc(-c5ccccc5)cc4)nc(-c4ccc5c(c4)oc4ccc(-c6ccccc6)cc45)n3)cc2)cc1. The van der Waals surface area contributed by atoms with E-state index in [1.54, 1.807) is 0 Å². The first-order chi connectivity index (χ1) is 24.2. The lowest BCUT2D eigenvalue weighted by molar-refractivity contribution is 0.669. The molecule has 4 heteroatoms. The number of aromatic nitrogens is 3. The topological polar surface area (TPSA) is 51.8 Å². The van der Waals surface area contributed by atoms with Crippen molar-refractivity contribution in [3.05, 3.63) is 176 Å². The van der Waals surface area contributed by atoms with Crippen molar-refractivity contribution in [1.82, 2.24) is 15.0 Å². The summed E-state index contributed by atoms with van der Waals surface area (Å²) in [5, 5.41) is 2.14. The second-order valence-electron chi connectivity index (χ2n) is 12.1. The Morgan fingerprint density at radius 3 is 1.16 bits per heavy atom. The van der Waals surface area contributed by atoms with Crippen LogP contribution in [0.4, 0.5) is 0 Å². The minimum atomic E-state index is 0.589. The highest BCUT2D eigenvalue weighted by molar-refractivity contribution is 6.07. The number of benzene rings is 7. The molecular weight excluding hydrogens is 599 g/mol. The average Bonchev–Trinajstić information content (AvgIpc) is 3.56. The van der Waals surface area contributed by atoms with Crippen LogP contribution in [0.5, 0.6) is 0 Å². The predicted octanol–water partition coefficient (Wildman–Crippen LogP) is 11.8. The standard InChI is InChI=1S/C45H29N3O/c1-4-10-30(11-5-1)33-16-20-35(21-17-33)43-46-44(36-22-18-34(19-23-36)31-12-6-2-7-13-31)48-45(47-43)38-24-26-39-40-28-37(32-14-8-3-9-15-32)25-27-41(40)49-42(39)29-38/h1-29H. The number of furan rings is 1. The molecule has 49 heavy (non-hydrogen) atoms. The summed E-state index contributed by atoms with van der Waals surface area (Å²) in [7, 11) is 0. The van der Waals surface area contributed by atoms with Crippen LogP contribution in [0.3, 0.4) is 0 Å². The number of nitrogens with zero attached hydrogens (tertiary/aromatic N) is 3. The number of hydrogen-bond acceptors (Lipinski definition) is 4. The summed E-state index contributed by atoms with van der Waals surface area (Å²) in [6, 6.07) is 60.5. The van der Waals surface area contributed by atoms with Gasteiger partial charge in [-0.1, -0.05) is 152 Å². The third-order valence-corrected chi connectivity index (χ3v) is 8.97. The molecule has 0 radical (unpaired) electrons. The van der Waals surface area contributed by atoms with Gasteiger partial charge < -0.3 is 4.42 Å². The highest BCUT2D eigenvalue weighted by atomic mass is 16.3. The minimum absolute atomic E-state index is 0.589. The number of rotatable bonds is 6. The highest BCUT2D eigenvalue weighted by Gasteiger charge is 2.16. The summed E-state index contributed by atoms with van der Waals surface area (Å²) in [5.41, 5.74) is 11.3. The Morgan fingerprint density at radius 2 is 0.653 bits per heavy atom.